The molecule has 0 aromatic rings. The van der Waals surface area contributed by atoms with Gasteiger partial charge in [-0.15, -0.1) is 0 Å². The Balaban J connectivity index is 2.39. The van der Waals surface area contributed by atoms with Crippen molar-refractivity contribution < 1.29 is 4.74 Å². The van der Waals surface area contributed by atoms with Crippen LogP contribution in [0.25, 0.3) is 0 Å². The summed E-state index contributed by atoms with van der Waals surface area (Å²) < 4.78 is 5.26. The fourth-order valence-corrected chi connectivity index (χ4v) is 1.62. The van der Waals surface area contributed by atoms with Gasteiger partial charge in [-0.2, -0.15) is 0 Å². The molecule has 1 atom stereocenters. The van der Waals surface area contributed by atoms with E-state index in [-0.39, 0.29) is 0 Å². The summed E-state index contributed by atoms with van der Waals surface area (Å²) >= 11 is 5.37. The fourth-order valence-electron chi connectivity index (χ4n) is 1.27. The predicted molar refractivity (Wildman–Crippen MR) is 54.4 cm³/mol. The van der Waals surface area contributed by atoms with Gasteiger partial charge >= 0.3 is 0 Å². The van der Waals surface area contributed by atoms with Crippen molar-refractivity contribution in [3.8, 4) is 0 Å². The lowest BCUT2D eigenvalue weighted by molar-refractivity contribution is 0.0672. The van der Waals surface area contributed by atoms with Crippen LogP contribution in [0.1, 0.15) is 20.3 Å². The van der Waals surface area contributed by atoms with Gasteiger partial charge in [0.05, 0.1) is 18.2 Å². The summed E-state index contributed by atoms with van der Waals surface area (Å²) in [7, 11) is 0. The van der Waals surface area contributed by atoms with Crippen molar-refractivity contribution in [2.75, 3.05) is 26.3 Å². The molecule has 0 aromatic carbocycles. The van der Waals surface area contributed by atoms with Crippen molar-refractivity contribution in [3.05, 3.63) is 0 Å². The molecule has 0 N–H and O–H groups in total. The minimum atomic E-state index is 0.540. The zero-order valence-corrected chi connectivity index (χ0v) is 8.69. The highest BCUT2D eigenvalue weighted by Gasteiger charge is 2.16. The fraction of sp³-hybridized carbons (Fsp3) is 0.889. The quantitative estimate of drug-likeness (QED) is 0.610. The summed E-state index contributed by atoms with van der Waals surface area (Å²) in [6, 6.07) is 0. The molecule has 1 heterocycles. The number of thiocarbonyl (C=S) groups is 1. The first-order valence-electron chi connectivity index (χ1n) is 4.62. The number of hydrogen-bond donors (Lipinski definition) is 0. The van der Waals surface area contributed by atoms with Crippen molar-refractivity contribution in [2.24, 2.45) is 5.92 Å². The van der Waals surface area contributed by atoms with Gasteiger partial charge < -0.3 is 9.64 Å². The second kappa shape index (κ2) is 4.77. The lowest BCUT2D eigenvalue weighted by Gasteiger charge is -2.31. The van der Waals surface area contributed by atoms with Crippen molar-refractivity contribution in [3.63, 3.8) is 0 Å². The third kappa shape index (κ3) is 2.42. The Hall–Kier alpha value is -0.150. The Morgan fingerprint density at radius 1 is 1.50 bits per heavy atom. The molecule has 1 rings (SSSR count). The number of rotatable bonds is 2. The minimum Gasteiger partial charge on any atom is -0.378 e. The molecule has 0 aromatic heterocycles. The summed E-state index contributed by atoms with van der Waals surface area (Å²) in [6.45, 7) is 7.98. The van der Waals surface area contributed by atoms with Gasteiger partial charge in [0, 0.05) is 19.0 Å². The number of hydrogen-bond acceptors (Lipinski definition) is 2. The van der Waals surface area contributed by atoms with Gasteiger partial charge in [0.2, 0.25) is 0 Å². The molecule has 1 aliphatic rings. The average molecular weight is 187 g/mol. The van der Waals surface area contributed by atoms with E-state index in [1.165, 1.54) is 0 Å². The number of morpholine rings is 1. The predicted octanol–water partition coefficient (Wildman–Crippen LogP) is 1.69. The molecule has 0 unspecified atom stereocenters. The molecular weight excluding hydrogens is 170 g/mol. The Morgan fingerprint density at radius 2 is 2.08 bits per heavy atom. The molecule has 0 aliphatic carbocycles. The van der Waals surface area contributed by atoms with Crippen LogP contribution >= 0.6 is 12.2 Å². The second-order valence-corrected chi connectivity index (χ2v) is 3.67. The molecule has 0 bridgehead atoms. The van der Waals surface area contributed by atoms with Crippen LogP contribution in [0.2, 0.25) is 0 Å². The van der Waals surface area contributed by atoms with Crippen LogP contribution in [0, 0.1) is 5.92 Å². The SMILES string of the molecule is CC[C@H](C)C(=S)N1CCOCC1. The monoisotopic (exact) mass is 187 g/mol. The Kier molecular flexibility index (Phi) is 3.95. The van der Waals surface area contributed by atoms with Gasteiger partial charge in [0.1, 0.15) is 0 Å². The zero-order chi connectivity index (χ0) is 8.97. The van der Waals surface area contributed by atoms with Crippen LogP contribution in [0.15, 0.2) is 0 Å². The number of ether oxygens (including phenoxy) is 1. The van der Waals surface area contributed by atoms with Gasteiger partial charge in [-0.3, -0.25) is 0 Å². The number of nitrogens with zero attached hydrogens (tertiary/aromatic N) is 1. The lowest BCUT2D eigenvalue weighted by Crippen LogP contribution is -2.42. The first-order valence-corrected chi connectivity index (χ1v) is 5.03. The summed E-state index contributed by atoms with van der Waals surface area (Å²) in [5, 5.41) is 0. The van der Waals surface area contributed by atoms with Gasteiger partial charge in [0.15, 0.2) is 0 Å². The maximum Gasteiger partial charge on any atom is 0.0809 e. The largest absolute Gasteiger partial charge is 0.378 e. The highest BCUT2D eigenvalue weighted by Crippen LogP contribution is 2.10. The zero-order valence-electron chi connectivity index (χ0n) is 7.88. The van der Waals surface area contributed by atoms with E-state index in [4.69, 9.17) is 17.0 Å². The van der Waals surface area contributed by atoms with Gasteiger partial charge in [-0.05, 0) is 6.42 Å². The Labute approximate surface area is 79.9 Å². The maximum atomic E-state index is 5.37. The molecule has 0 radical (unpaired) electrons. The third-order valence-electron chi connectivity index (χ3n) is 2.36. The van der Waals surface area contributed by atoms with Crippen LogP contribution in [0.3, 0.4) is 0 Å². The molecule has 12 heavy (non-hydrogen) atoms. The smallest absolute Gasteiger partial charge is 0.0809 e. The van der Waals surface area contributed by atoms with Crippen molar-refractivity contribution in [2.45, 2.75) is 20.3 Å². The summed E-state index contributed by atoms with van der Waals surface area (Å²) in [5.41, 5.74) is 0. The maximum absolute atomic E-state index is 5.37. The standard InChI is InChI=1S/C9H17NOS/c1-3-8(2)9(12)10-4-6-11-7-5-10/h8H,3-7H2,1-2H3/t8-/m0/s1. The summed E-state index contributed by atoms with van der Waals surface area (Å²) in [5.74, 6) is 0.540. The highest BCUT2D eigenvalue weighted by molar-refractivity contribution is 7.80. The van der Waals surface area contributed by atoms with E-state index in [1.807, 2.05) is 0 Å². The van der Waals surface area contributed by atoms with Gasteiger partial charge in [-0.25, -0.2) is 0 Å². The summed E-state index contributed by atoms with van der Waals surface area (Å²) in [6.07, 6.45) is 1.14. The summed E-state index contributed by atoms with van der Waals surface area (Å²) in [4.78, 5) is 3.38. The third-order valence-corrected chi connectivity index (χ3v) is 3.02. The highest BCUT2D eigenvalue weighted by atomic mass is 32.1. The van der Waals surface area contributed by atoms with Crippen molar-refractivity contribution in [1.29, 1.82) is 0 Å². The van der Waals surface area contributed by atoms with Crippen LogP contribution in [-0.2, 0) is 4.74 Å². The normalized spacial score (nSPS) is 20.7. The Morgan fingerprint density at radius 3 is 2.58 bits per heavy atom. The first kappa shape index (κ1) is 9.93. The van der Waals surface area contributed by atoms with Crippen molar-refractivity contribution >= 4 is 17.2 Å². The van der Waals surface area contributed by atoms with Gasteiger partial charge in [-0.1, -0.05) is 26.1 Å². The van der Waals surface area contributed by atoms with E-state index in [1.54, 1.807) is 0 Å². The van der Waals surface area contributed by atoms with Crippen LogP contribution < -0.4 is 0 Å². The van der Waals surface area contributed by atoms with Crippen LogP contribution in [-0.4, -0.2) is 36.2 Å². The Bertz CT molecular complexity index is 155. The second-order valence-electron chi connectivity index (χ2n) is 3.25. The molecule has 3 heteroatoms. The van der Waals surface area contributed by atoms with E-state index in [2.05, 4.69) is 18.7 Å². The van der Waals surface area contributed by atoms with Crippen molar-refractivity contribution in [1.82, 2.24) is 4.90 Å². The minimum absolute atomic E-state index is 0.540. The van der Waals surface area contributed by atoms with Crippen LogP contribution in [0.5, 0.6) is 0 Å². The van der Waals surface area contributed by atoms with Gasteiger partial charge in [0.25, 0.3) is 0 Å². The molecule has 1 fully saturated rings. The molecule has 0 saturated carbocycles. The average Bonchev–Trinajstić information content (AvgIpc) is 2.17. The topological polar surface area (TPSA) is 12.5 Å². The van der Waals surface area contributed by atoms with E-state index in [9.17, 15) is 0 Å². The molecular formula is C9H17NOS. The molecule has 0 spiro atoms. The molecule has 0 amide bonds. The van der Waals surface area contributed by atoms with Crippen LogP contribution in [0.4, 0.5) is 0 Å². The van der Waals surface area contributed by atoms with E-state index >= 15 is 0 Å². The van der Waals surface area contributed by atoms with E-state index in [0.717, 1.165) is 37.7 Å². The molecule has 70 valence electrons. The van der Waals surface area contributed by atoms with E-state index in [0.29, 0.717) is 5.92 Å². The lowest BCUT2D eigenvalue weighted by atomic mass is 10.1. The molecule has 1 saturated heterocycles. The molecule has 1 aliphatic heterocycles. The molecule has 2 nitrogen and oxygen atoms in total. The van der Waals surface area contributed by atoms with E-state index < -0.39 is 0 Å². The first-order chi connectivity index (χ1) is 5.75.